The van der Waals surface area contributed by atoms with E-state index in [4.69, 9.17) is 4.74 Å². The smallest absolute Gasteiger partial charge is 0.413 e. The maximum atomic E-state index is 11.8. The number of hydrogen-bond donors (Lipinski definition) is 2. The summed E-state index contributed by atoms with van der Waals surface area (Å²) in [6, 6.07) is 3.70. The minimum atomic E-state index is -0.551. The number of nitrogens with zero attached hydrogens (tertiary/aromatic N) is 2. The second-order valence-electron chi connectivity index (χ2n) is 4.30. The minimum absolute atomic E-state index is 0.142. The van der Waals surface area contributed by atoms with Gasteiger partial charge in [-0.15, -0.1) is 11.3 Å². The van der Waals surface area contributed by atoms with Crippen LogP contribution in [0.4, 0.5) is 9.93 Å². The lowest BCUT2D eigenvalue weighted by Crippen LogP contribution is -2.24. The molecule has 0 aliphatic heterocycles. The molecule has 0 bridgehead atoms. The van der Waals surface area contributed by atoms with E-state index in [1.807, 2.05) is 12.1 Å². The Balaban J connectivity index is 1.79. The third-order valence-electron chi connectivity index (χ3n) is 2.59. The van der Waals surface area contributed by atoms with Gasteiger partial charge < -0.3 is 10.1 Å². The Morgan fingerprint density at radius 3 is 3.00 bits per heavy atom. The SMILES string of the molecule is CCOC(=O)Nc1nc(CC(=O)NCc2cccnc2)cs1. The molecule has 0 aliphatic carbocycles. The predicted molar refractivity (Wildman–Crippen MR) is 82.5 cm³/mol. The number of pyridine rings is 1. The number of carbonyl (C=O) groups is 2. The van der Waals surface area contributed by atoms with Crippen molar-refractivity contribution >= 4 is 28.5 Å². The number of anilines is 1. The van der Waals surface area contributed by atoms with Crippen LogP contribution < -0.4 is 10.6 Å². The molecule has 2 rings (SSSR count). The standard InChI is InChI=1S/C14H16N4O3S/c1-2-21-14(20)18-13-17-11(9-22-13)6-12(19)16-8-10-4-3-5-15-7-10/h3-5,7,9H,2,6,8H2,1H3,(H,16,19)(H,17,18,20). The summed E-state index contributed by atoms with van der Waals surface area (Å²) < 4.78 is 4.76. The maximum Gasteiger partial charge on any atom is 0.413 e. The van der Waals surface area contributed by atoms with Crippen LogP contribution in [0.1, 0.15) is 18.2 Å². The molecule has 2 aromatic rings. The van der Waals surface area contributed by atoms with Crippen molar-refractivity contribution in [3.8, 4) is 0 Å². The van der Waals surface area contributed by atoms with Crippen LogP contribution in [-0.4, -0.2) is 28.6 Å². The van der Waals surface area contributed by atoms with E-state index in [0.717, 1.165) is 5.56 Å². The first-order valence-electron chi connectivity index (χ1n) is 6.71. The fraction of sp³-hybridized carbons (Fsp3) is 0.286. The average molecular weight is 320 g/mol. The molecule has 116 valence electrons. The molecule has 2 heterocycles. The summed E-state index contributed by atoms with van der Waals surface area (Å²) in [6.07, 6.45) is 2.98. The van der Waals surface area contributed by atoms with Gasteiger partial charge in [-0.25, -0.2) is 9.78 Å². The highest BCUT2D eigenvalue weighted by molar-refractivity contribution is 7.13. The summed E-state index contributed by atoms with van der Waals surface area (Å²) >= 11 is 1.25. The largest absolute Gasteiger partial charge is 0.450 e. The Morgan fingerprint density at radius 1 is 1.41 bits per heavy atom. The van der Waals surface area contributed by atoms with Crippen molar-refractivity contribution in [2.45, 2.75) is 19.9 Å². The van der Waals surface area contributed by atoms with E-state index in [0.29, 0.717) is 24.0 Å². The van der Waals surface area contributed by atoms with Gasteiger partial charge in [0.25, 0.3) is 0 Å². The topological polar surface area (TPSA) is 93.2 Å². The monoisotopic (exact) mass is 320 g/mol. The van der Waals surface area contributed by atoms with Gasteiger partial charge >= 0.3 is 6.09 Å². The summed E-state index contributed by atoms with van der Waals surface area (Å²) in [6.45, 7) is 2.44. The van der Waals surface area contributed by atoms with Crippen molar-refractivity contribution in [2.75, 3.05) is 11.9 Å². The van der Waals surface area contributed by atoms with E-state index < -0.39 is 6.09 Å². The van der Waals surface area contributed by atoms with Gasteiger partial charge in [-0.05, 0) is 18.6 Å². The first kappa shape index (κ1) is 15.9. The van der Waals surface area contributed by atoms with Crippen molar-refractivity contribution in [3.05, 3.63) is 41.2 Å². The molecule has 0 aromatic carbocycles. The first-order chi connectivity index (χ1) is 10.7. The Bertz CT molecular complexity index is 630. The molecule has 0 unspecified atom stereocenters. The second-order valence-corrected chi connectivity index (χ2v) is 5.16. The first-order valence-corrected chi connectivity index (χ1v) is 7.59. The average Bonchev–Trinajstić information content (AvgIpc) is 2.93. The van der Waals surface area contributed by atoms with Crippen molar-refractivity contribution < 1.29 is 14.3 Å². The van der Waals surface area contributed by atoms with Gasteiger partial charge in [0.2, 0.25) is 5.91 Å². The lowest BCUT2D eigenvalue weighted by molar-refractivity contribution is -0.120. The Labute approximate surface area is 131 Å². The third kappa shape index (κ3) is 5.13. The molecule has 8 heteroatoms. The van der Waals surface area contributed by atoms with Gasteiger partial charge in [0.15, 0.2) is 5.13 Å². The zero-order valence-corrected chi connectivity index (χ0v) is 12.9. The predicted octanol–water partition coefficient (Wildman–Crippen LogP) is 1.97. The molecule has 0 atom stereocenters. The van der Waals surface area contributed by atoms with Gasteiger partial charge in [-0.2, -0.15) is 0 Å². The van der Waals surface area contributed by atoms with Gasteiger partial charge in [-0.1, -0.05) is 6.07 Å². The molecule has 2 N–H and O–H groups in total. The van der Waals surface area contributed by atoms with Crippen LogP contribution in [0.3, 0.4) is 0 Å². The van der Waals surface area contributed by atoms with Crippen LogP contribution >= 0.6 is 11.3 Å². The van der Waals surface area contributed by atoms with Crippen LogP contribution in [-0.2, 0) is 22.5 Å². The van der Waals surface area contributed by atoms with E-state index in [9.17, 15) is 9.59 Å². The number of carbonyl (C=O) groups excluding carboxylic acids is 2. The molecule has 2 amide bonds. The molecular weight excluding hydrogens is 304 g/mol. The van der Waals surface area contributed by atoms with E-state index >= 15 is 0 Å². The molecular formula is C14H16N4O3S. The highest BCUT2D eigenvalue weighted by Crippen LogP contribution is 2.16. The van der Waals surface area contributed by atoms with E-state index in [2.05, 4.69) is 20.6 Å². The van der Waals surface area contributed by atoms with Crippen LogP contribution in [0.15, 0.2) is 29.9 Å². The van der Waals surface area contributed by atoms with E-state index in [-0.39, 0.29) is 12.3 Å². The minimum Gasteiger partial charge on any atom is -0.450 e. The molecule has 0 aliphatic rings. The van der Waals surface area contributed by atoms with Crippen LogP contribution in [0, 0.1) is 0 Å². The molecule has 0 spiro atoms. The molecule has 0 saturated carbocycles. The van der Waals surface area contributed by atoms with Crippen molar-refractivity contribution in [3.63, 3.8) is 0 Å². The lowest BCUT2D eigenvalue weighted by Gasteiger charge is -2.03. The molecule has 7 nitrogen and oxygen atoms in total. The van der Waals surface area contributed by atoms with Crippen LogP contribution in [0.25, 0.3) is 0 Å². The number of nitrogens with one attached hydrogen (secondary N) is 2. The van der Waals surface area contributed by atoms with Gasteiger partial charge in [-0.3, -0.25) is 15.1 Å². The quantitative estimate of drug-likeness (QED) is 0.848. The van der Waals surface area contributed by atoms with Gasteiger partial charge in [0.05, 0.1) is 18.7 Å². The number of hydrogen-bond acceptors (Lipinski definition) is 6. The highest BCUT2D eigenvalue weighted by Gasteiger charge is 2.10. The number of thiazole rings is 1. The Morgan fingerprint density at radius 2 is 2.27 bits per heavy atom. The number of rotatable bonds is 6. The summed E-state index contributed by atoms with van der Waals surface area (Å²) in [7, 11) is 0. The lowest BCUT2D eigenvalue weighted by atomic mass is 10.2. The molecule has 2 aromatic heterocycles. The van der Waals surface area contributed by atoms with Crippen molar-refractivity contribution in [2.24, 2.45) is 0 Å². The van der Waals surface area contributed by atoms with Crippen molar-refractivity contribution in [1.29, 1.82) is 0 Å². The third-order valence-corrected chi connectivity index (χ3v) is 3.40. The fourth-order valence-corrected chi connectivity index (χ4v) is 2.33. The fourth-order valence-electron chi connectivity index (χ4n) is 1.63. The van der Waals surface area contributed by atoms with E-state index in [1.54, 1.807) is 24.7 Å². The van der Waals surface area contributed by atoms with E-state index in [1.165, 1.54) is 11.3 Å². The Hall–Kier alpha value is -2.48. The van der Waals surface area contributed by atoms with Crippen LogP contribution in [0.5, 0.6) is 0 Å². The normalized spacial score (nSPS) is 10.0. The summed E-state index contributed by atoms with van der Waals surface area (Å²) in [5.74, 6) is -0.142. The Kier molecular flexibility index (Phi) is 5.84. The van der Waals surface area contributed by atoms with Crippen LogP contribution in [0.2, 0.25) is 0 Å². The van der Waals surface area contributed by atoms with Gasteiger partial charge in [0, 0.05) is 24.3 Å². The molecule has 0 radical (unpaired) electrons. The molecule has 0 fully saturated rings. The second kappa shape index (κ2) is 8.08. The summed E-state index contributed by atoms with van der Waals surface area (Å²) in [5, 5.41) is 7.43. The van der Waals surface area contributed by atoms with Gasteiger partial charge in [0.1, 0.15) is 0 Å². The highest BCUT2D eigenvalue weighted by atomic mass is 32.1. The zero-order chi connectivity index (χ0) is 15.8. The molecule has 0 saturated heterocycles. The maximum absolute atomic E-state index is 11.8. The summed E-state index contributed by atoms with van der Waals surface area (Å²) in [4.78, 5) is 31.2. The summed E-state index contributed by atoms with van der Waals surface area (Å²) in [5.41, 5.74) is 1.53. The number of ether oxygens (including phenoxy) is 1. The van der Waals surface area contributed by atoms with Crippen molar-refractivity contribution in [1.82, 2.24) is 15.3 Å². The number of amides is 2. The zero-order valence-electron chi connectivity index (χ0n) is 12.0. The molecule has 22 heavy (non-hydrogen) atoms. The number of aromatic nitrogens is 2.